The van der Waals surface area contributed by atoms with E-state index in [4.69, 9.17) is 4.74 Å². The molecule has 1 fully saturated rings. The van der Waals surface area contributed by atoms with Crippen molar-refractivity contribution in [2.75, 3.05) is 5.32 Å². The number of amides is 1. The van der Waals surface area contributed by atoms with Crippen LogP contribution in [-0.4, -0.2) is 18.2 Å². The predicted molar refractivity (Wildman–Crippen MR) is 107 cm³/mol. The number of hydrogen-bond donors (Lipinski definition) is 2. The Kier molecular flexibility index (Phi) is 6.12. The highest BCUT2D eigenvalue weighted by atomic mass is 32.1. The van der Waals surface area contributed by atoms with E-state index < -0.39 is 5.41 Å². The third-order valence-corrected chi connectivity index (χ3v) is 5.74. The van der Waals surface area contributed by atoms with Crippen molar-refractivity contribution < 1.29 is 13.8 Å². The van der Waals surface area contributed by atoms with E-state index in [9.17, 15) is 4.79 Å². The number of fused-ring (bicyclic) bond motifs is 1. The van der Waals surface area contributed by atoms with E-state index in [1.165, 1.54) is 32.1 Å². The maximum absolute atomic E-state index is 12.2. The summed E-state index contributed by atoms with van der Waals surface area (Å²) < 4.78 is 10.9. The fourth-order valence-corrected chi connectivity index (χ4v) is 4.09. The molecule has 0 aromatic heterocycles. The molecule has 0 saturated heterocycles. The second-order valence-electron chi connectivity index (χ2n) is 7.79. The Morgan fingerprint density at radius 3 is 2.85 bits per heavy atom. The molecule has 0 bridgehead atoms. The SMILES string of the molecule is CC1(C)C(=O)Nc2ccc(OC(CCC=NOS)C3CCCCC3)cc21. The fraction of sp³-hybridized carbons (Fsp3) is 0.600. The second kappa shape index (κ2) is 8.33. The number of nitrogens with one attached hydrogen (secondary N) is 1. The van der Waals surface area contributed by atoms with Crippen molar-refractivity contribution in [3.05, 3.63) is 23.8 Å². The van der Waals surface area contributed by atoms with Gasteiger partial charge in [-0.05, 0) is 69.2 Å². The first-order valence-corrected chi connectivity index (χ1v) is 9.84. The van der Waals surface area contributed by atoms with Crippen LogP contribution < -0.4 is 10.1 Å². The van der Waals surface area contributed by atoms with Crippen LogP contribution in [0.1, 0.15) is 64.4 Å². The Balaban J connectivity index is 1.75. The number of carbonyl (C=O) groups is 1. The zero-order valence-corrected chi connectivity index (χ0v) is 16.4. The van der Waals surface area contributed by atoms with Gasteiger partial charge in [0.05, 0.1) is 18.3 Å². The lowest BCUT2D eigenvalue weighted by atomic mass is 9.83. The van der Waals surface area contributed by atoms with Crippen LogP contribution in [0, 0.1) is 5.92 Å². The van der Waals surface area contributed by atoms with Crippen LogP contribution in [0.3, 0.4) is 0 Å². The third-order valence-electron chi connectivity index (χ3n) is 5.65. The van der Waals surface area contributed by atoms with Gasteiger partial charge in [-0.15, -0.1) is 0 Å². The molecule has 0 spiro atoms. The quantitative estimate of drug-likeness (QED) is 0.309. The molecule has 1 aromatic rings. The molecule has 1 aromatic carbocycles. The number of ether oxygens (including phenoxy) is 1. The summed E-state index contributed by atoms with van der Waals surface area (Å²) in [6.45, 7) is 3.90. The van der Waals surface area contributed by atoms with Crippen LogP contribution in [0.4, 0.5) is 5.69 Å². The predicted octanol–water partition coefficient (Wildman–Crippen LogP) is 4.87. The molecule has 1 N–H and O–H groups in total. The van der Waals surface area contributed by atoms with E-state index in [1.54, 1.807) is 6.21 Å². The Morgan fingerprint density at radius 2 is 2.12 bits per heavy atom. The minimum Gasteiger partial charge on any atom is -0.490 e. The molecule has 0 radical (unpaired) electrons. The maximum atomic E-state index is 12.2. The van der Waals surface area contributed by atoms with E-state index in [1.807, 2.05) is 32.0 Å². The van der Waals surface area contributed by atoms with Gasteiger partial charge >= 0.3 is 0 Å². The summed E-state index contributed by atoms with van der Waals surface area (Å²) in [6, 6.07) is 5.93. The van der Waals surface area contributed by atoms with Crippen LogP contribution in [0.2, 0.25) is 0 Å². The highest BCUT2D eigenvalue weighted by Gasteiger charge is 2.38. The lowest BCUT2D eigenvalue weighted by molar-refractivity contribution is -0.119. The van der Waals surface area contributed by atoms with Gasteiger partial charge in [0.2, 0.25) is 5.91 Å². The average molecular weight is 377 g/mol. The fourth-order valence-electron chi connectivity index (χ4n) is 4.02. The molecular weight excluding hydrogens is 348 g/mol. The smallest absolute Gasteiger partial charge is 0.234 e. The van der Waals surface area contributed by atoms with Gasteiger partial charge < -0.3 is 14.3 Å². The minimum atomic E-state index is -0.522. The van der Waals surface area contributed by atoms with E-state index in [0.29, 0.717) is 5.92 Å². The van der Waals surface area contributed by atoms with Crippen LogP contribution in [0.25, 0.3) is 0 Å². The lowest BCUT2D eigenvalue weighted by Gasteiger charge is -2.31. The largest absolute Gasteiger partial charge is 0.490 e. The van der Waals surface area contributed by atoms with Gasteiger partial charge in [0.25, 0.3) is 0 Å². The van der Waals surface area contributed by atoms with Gasteiger partial charge in [0.1, 0.15) is 11.9 Å². The molecule has 2 aliphatic rings. The van der Waals surface area contributed by atoms with E-state index in [2.05, 4.69) is 27.7 Å². The lowest BCUT2D eigenvalue weighted by Crippen LogP contribution is -2.29. The molecule has 1 amide bonds. The zero-order valence-electron chi connectivity index (χ0n) is 15.5. The van der Waals surface area contributed by atoms with Crippen molar-refractivity contribution in [3.63, 3.8) is 0 Å². The number of hydrogen-bond acceptors (Lipinski definition) is 5. The Labute approximate surface area is 161 Å². The van der Waals surface area contributed by atoms with Crippen molar-refractivity contribution in [2.45, 2.75) is 70.3 Å². The topological polar surface area (TPSA) is 59.9 Å². The molecule has 1 aliphatic heterocycles. The Morgan fingerprint density at radius 1 is 1.35 bits per heavy atom. The minimum absolute atomic E-state index is 0.0384. The number of benzene rings is 1. The molecule has 1 heterocycles. The summed E-state index contributed by atoms with van der Waals surface area (Å²) in [6.07, 6.45) is 9.85. The molecule has 1 unspecified atom stereocenters. The summed E-state index contributed by atoms with van der Waals surface area (Å²) in [4.78, 5) is 12.2. The van der Waals surface area contributed by atoms with E-state index in [0.717, 1.165) is 29.8 Å². The number of thiol groups is 1. The van der Waals surface area contributed by atoms with Crippen LogP contribution >= 0.6 is 12.9 Å². The third kappa shape index (κ3) is 4.17. The van der Waals surface area contributed by atoms with Crippen molar-refractivity contribution in [3.8, 4) is 5.75 Å². The van der Waals surface area contributed by atoms with Gasteiger partial charge in [-0.25, -0.2) is 0 Å². The highest BCUT2D eigenvalue weighted by molar-refractivity contribution is 7.75. The summed E-state index contributed by atoms with van der Waals surface area (Å²) in [5.74, 6) is 1.44. The normalized spacial score (nSPS) is 20.7. The maximum Gasteiger partial charge on any atom is 0.234 e. The molecule has 1 aliphatic carbocycles. The molecule has 3 rings (SSSR count). The monoisotopic (exact) mass is 376 g/mol. The number of oxime groups is 1. The molecular formula is C20H28N2O3S. The van der Waals surface area contributed by atoms with Gasteiger partial charge in [-0.1, -0.05) is 24.4 Å². The van der Waals surface area contributed by atoms with Gasteiger partial charge in [-0.2, -0.15) is 0 Å². The summed E-state index contributed by atoms with van der Waals surface area (Å²) in [5.41, 5.74) is 1.37. The van der Waals surface area contributed by atoms with Crippen LogP contribution in [0.15, 0.2) is 23.4 Å². The highest BCUT2D eigenvalue weighted by Crippen LogP contribution is 2.40. The zero-order chi connectivity index (χ0) is 18.6. The molecule has 1 atom stereocenters. The van der Waals surface area contributed by atoms with Crippen molar-refractivity contribution in [1.29, 1.82) is 0 Å². The van der Waals surface area contributed by atoms with Crippen molar-refractivity contribution >= 4 is 30.7 Å². The molecule has 5 nitrogen and oxygen atoms in total. The molecule has 6 heteroatoms. The molecule has 1 saturated carbocycles. The Hall–Kier alpha value is -1.69. The summed E-state index contributed by atoms with van der Waals surface area (Å²) in [7, 11) is 0. The van der Waals surface area contributed by atoms with Crippen LogP contribution in [0.5, 0.6) is 5.75 Å². The van der Waals surface area contributed by atoms with Gasteiger partial charge in [0.15, 0.2) is 0 Å². The number of carbonyl (C=O) groups excluding carboxylic acids is 1. The number of anilines is 1. The number of rotatable bonds is 7. The second-order valence-corrected chi connectivity index (χ2v) is 7.95. The first-order valence-electron chi connectivity index (χ1n) is 9.47. The molecule has 26 heavy (non-hydrogen) atoms. The van der Waals surface area contributed by atoms with Gasteiger partial charge in [0, 0.05) is 11.9 Å². The molecule has 142 valence electrons. The van der Waals surface area contributed by atoms with E-state index >= 15 is 0 Å². The first kappa shape index (κ1) is 19.1. The van der Waals surface area contributed by atoms with E-state index in [-0.39, 0.29) is 12.0 Å². The van der Waals surface area contributed by atoms with Crippen molar-refractivity contribution in [1.82, 2.24) is 0 Å². The number of nitrogens with zero attached hydrogens (tertiary/aromatic N) is 1. The summed E-state index contributed by atoms with van der Waals surface area (Å²) in [5, 5.41) is 6.66. The van der Waals surface area contributed by atoms with Crippen molar-refractivity contribution in [2.24, 2.45) is 11.1 Å². The van der Waals surface area contributed by atoms with Gasteiger partial charge in [-0.3, -0.25) is 4.79 Å². The Bertz CT molecular complexity index is 669. The first-order chi connectivity index (χ1) is 12.5. The summed E-state index contributed by atoms with van der Waals surface area (Å²) >= 11 is 3.63. The standard InChI is InChI=1S/C20H28N2O3S/c1-20(2)16-13-15(10-11-17(16)22-19(20)23)24-18(9-6-12-21-25-26)14-7-4-3-5-8-14/h10-14,18,26H,3-9H2,1-2H3,(H,22,23). The average Bonchev–Trinajstić information content (AvgIpc) is 2.87. The van der Waals surface area contributed by atoms with Crippen LogP contribution in [-0.2, 0) is 14.5 Å².